The Morgan fingerprint density at radius 3 is 3.00 bits per heavy atom. The lowest BCUT2D eigenvalue weighted by molar-refractivity contribution is -0.118. The van der Waals surface area contributed by atoms with Crippen LogP contribution in [0.4, 0.5) is 0 Å². The van der Waals surface area contributed by atoms with E-state index in [4.69, 9.17) is 10.4 Å². The van der Waals surface area contributed by atoms with Gasteiger partial charge in [0.25, 0.3) is 0 Å². The van der Waals surface area contributed by atoms with E-state index in [-0.39, 0.29) is 12.5 Å². The minimum atomic E-state index is -0.0463. The second kappa shape index (κ2) is 8.85. The van der Waals surface area contributed by atoms with Crippen LogP contribution in [-0.2, 0) is 4.79 Å². The quantitative estimate of drug-likeness (QED) is 0.603. The standard InChI is InChI=1S/C9H16N2O2S/c1-8(2-4-12)6-11-9(13)7-14-5-3-10/h8,12H,2,4-7H2,1H3,(H,11,13). The van der Waals surface area contributed by atoms with E-state index in [0.29, 0.717) is 30.4 Å². The van der Waals surface area contributed by atoms with Crippen molar-refractivity contribution in [2.75, 3.05) is 24.7 Å². The maximum atomic E-state index is 11.1. The zero-order valence-electron chi connectivity index (χ0n) is 8.32. The monoisotopic (exact) mass is 216 g/mol. The molecule has 1 amide bonds. The van der Waals surface area contributed by atoms with Gasteiger partial charge in [-0.15, -0.1) is 11.8 Å². The zero-order valence-corrected chi connectivity index (χ0v) is 9.14. The second-order valence-electron chi connectivity index (χ2n) is 3.07. The summed E-state index contributed by atoms with van der Waals surface area (Å²) in [5.41, 5.74) is 0. The van der Waals surface area contributed by atoms with E-state index in [9.17, 15) is 4.79 Å². The number of thioether (sulfide) groups is 1. The molecular formula is C9H16N2O2S. The molecule has 0 spiro atoms. The fourth-order valence-electron chi connectivity index (χ4n) is 0.851. The third kappa shape index (κ3) is 7.90. The van der Waals surface area contributed by atoms with Crippen LogP contribution in [0.5, 0.6) is 0 Å². The molecule has 4 nitrogen and oxygen atoms in total. The molecule has 0 bridgehead atoms. The molecule has 0 aromatic carbocycles. The van der Waals surface area contributed by atoms with Crippen molar-refractivity contribution in [2.24, 2.45) is 5.92 Å². The zero-order chi connectivity index (χ0) is 10.8. The number of carbonyl (C=O) groups excluding carboxylic acids is 1. The number of amides is 1. The first kappa shape index (κ1) is 13.3. The third-order valence-electron chi connectivity index (χ3n) is 1.67. The molecule has 80 valence electrons. The van der Waals surface area contributed by atoms with Gasteiger partial charge in [-0.1, -0.05) is 6.92 Å². The van der Waals surface area contributed by atoms with Crippen molar-refractivity contribution >= 4 is 17.7 Å². The molecular weight excluding hydrogens is 200 g/mol. The number of rotatable bonds is 7. The van der Waals surface area contributed by atoms with Gasteiger partial charge < -0.3 is 10.4 Å². The van der Waals surface area contributed by atoms with Crippen LogP contribution in [0, 0.1) is 17.2 Å². The smallest absolute Gasteiger partial charge is 0.230 e. The van der Waals surface area contributed by atoms with E-state index < -0.39 is 0 Å². The van der Waals surface area contributed by atoms with Crippen molar-refractivity contribution in [3.05, 3.63) is 0 Å². The van der Waals surface area contributed by atoms with Crippen molar-refractivity contribution in [1.82, 2.24) is 5.32 Å². The van der Waals surface area contributed by atoms with E-state index in [1.165, 1.54) is 11.8 Å². The lowest BCUT2D eigenvalue weighted by atomic mass is 10.1. The number of nitrogens with zero attached hydrogens (tertiary/aromatic N) is 1. The molecule has 0 saturated carbocycles. The molecule has 0 radical (unpaired) electrons. The van der Waals surface area contributed by atoms with Crippen molar-refractivity contribution in [3.8, 4) is 6.07 Å². The number of aliphatic hydroxyl groups is 1. The topological polar surface area (TPSA) is 73.1 Å². The molecule has 1 atom stereocenters. The minimum absolute atomic E-state index is 0.0463. The van der Waals surface area contributed by atoms with Crippen LogP contribution in [-0.4, -0.2) is 35.7 Å². The highest BCUT2D eigenvalue weighted by molar-refractivity contribution is 8.00. The molecule has 0 saturated heterocycles. The summed E-state index contributed by atoms with van der Waals surface area (Å²) in [7, 11) is 0. The largest absolute Gasteiger partial charge is 0.396 e. The molecule has 0 heterocycles. The van der Waals surface area contributed by atoms with Gasteiger partial charge in [-0.05, 0) is 12.3 Å². The maximum Gasteiger partial charge on any atom is 0.230 e. The Morgan fingerprint density at radius 1 is 1.71 bits per heavy atom. The van der Waals surface area contributed by atoms with Gasteiger partial charge >= 0.3 is 0 Å². The van der Waals surface area contributed by atoms with E-state index in [1.807, 2.05) is 13.0 Å². The molecule has 0 aromatic rings. The van der Waals surface area contributed by atoms with Crippen molar-refractivity contribution in [1.29, 1.82) is 5.26 Å². The Labute approximate surface area is 88.7 Å². The summed E-state index contributed by atoms with van der Waals surface area (Å²) >= 11 is 1.30. The molecule has 5 heteroatoms. The number of aliphatic hydroxyl groups excluding tert-OH is 1. The van der Waals surface area contributed by atoms with Crippen molar-refractivity contribution in [3.63, 3.8) is 0 Å². The van der Waals surface area contributed by atoms with Gasteiger partial charge in [0.15, 0.2) is 0 Å². The number of hydrogen-bond acceptors (Lipinski definition) is 4. The van der Waals surface area contributed by atoms with Crippen LogP contribution in [0.2, 0.25) is 0 Å². The van der Waals surface area contributed by atoms with Gasteiger partial charge in [-0.3, -0.25) is 4.79 Å². The Bertz CT molecular complexity index is 203. The van der Waals surface area contributed by atoms with Crippen LogP contribution < -0.4 is 5.32 Å². The predicted octanol–water partition coefficient (Wildman–Crippen LogP) is 0.378. The van der Waals surface area contributed by atoms with Gasteiger partial charge in [0.05, 0.1) is 17.6 Å². The highest BCUT2D eigenvalue weighted by Gasteiger charge is 2.04. The van der Waals surface area contributed by atoms with Crippen LogP contribution in [0.25, 0.3) is 0 Å². The van der Waals surface area contributed by atoms with Crippen molar-refractivity contribution in [2.45, 2.75) is 13.3 Å². The Kier molecular flexibility index (Phi) is 8.39. The van der Waals surface area contributed by atoms with E-state index in [2.05, 4.69) is 5.32 Å². The predicted molar refractivity (Wildman–Crippen MR) is 56.8 cm³/mol. The maximum absolute atomic E-state index is 11.1. The summed E-state index contributed by atoms with van der Waals surface area (Å²) in [5.74, 6) is 0.930. The summed E-state index contributed by atoms with van der Waals surface area (Å²) in [4.78, 5) is 11.1. The van der Waals surface area contributed by atoms with Gasteiger partial charge in [0.2, 0.25) is 5.91 Å². The Hall–Kier alpha value is -0.730. The average molecular weight is 216 g/mol. The van der Waals surface area contributed by atoms with E-state index >= 15 is 0 Å². The van der Waals surface area contributed by atoms with Crippen LogP contribution in [0.15, 0.2) is 0 Å². The molecule has 2 N–H and O–H groups in total. The third-order valence-corrected chi connectivity index (χ3v) is 2.47. The first-order valence-electron chi connectivity index (χ1n) is 4.53. The highest BCUT2D eigenvalue weighted by atomic mass is 32.2. The molecule has 14 heavy (non-hydrogen) atoms. The number of hydrogen-bond donors (Lipinski definition) is 2. The molecule has 0 aliphatic carbocycles. The Morgan fingerprint density at radius 2 is 2.43 bits per heavy atom. The highest BCUT2D eigenvalue weighted by Crippen LogP contribution is 2.00. The summed E-state index contributed by atoms with van der Waals surface area (Å²) in [6.07, 6.45) is 0.700. The lowest BCUT2D eigenvalue weighted by Gasteiger charge is -2.10. The lowest BCUT2D eigenvalue weighted by Crippen LogP contribution is -2.30. The normalized spacial score (nSPS) is 11.8. The summed E-state index contributed by atoms with van der Waals surface area (Å²) in [5, 5.41) is 19.6. The summed E-state index contributed by atoms with van der Waals surface area (Å²) in [6.45, 7) is 2.71. The first-order valence-corrected chi connectivity index (χ1v) is 5.68. The van der Waals surface area contributed by atoms with Gasteiger partial charge in [-0.2, -0.15) is 5.26 Å². The average Bonchev–Trinajstić information content (AvgIpc) is 2.16. The molecule has 0 aliphatic rings. The minimum Gasteiger partial charge on any atom is -0.396 e. The number of carbonyl (C=O) groups is 1. The molecule has 0 aliphatic heterocycles. The SMILES string of the molecule is CC(CCO)CNC(=O)CSCC#N. The van der Waals surface area contributed by atoms with Gasteiger partial charge in [0.1, 0.15) is 0 Å². The number of nitrogens with one attached hydrogen (secondary N) is 1. The molecule has 1 unspecified atom stereocenters. The van der Waals surface area contributed by atoms with E-state index in [1.54, 1.807) is 0 Å². The van der Waals surface area contributed by atoms with Gasteiger partial charge in [-0.25, -0.2) is 0 Å². The fourth-order valence-corrected chi connectivity index (χ4v) is 1.33. The van der Waals surface area contributed by atoms with Crippen molar-refractivity contribution < 1.29 is 9.90 Å². The fraction of sp³-hybridized carbons (Fsp3) is 0.778. The second-order valence-corrected chi connectivity index (χ2v) is 4.06. The number of nitriles is 1. The Balaban J connectivity index is 3.39. The van der Waals surface area contributed by atoms with Crippen LogP contribution in [0.1, 0.15) is 13.3 Å². The van der Waals surface area contributed by atoms with Gasteiger partial charge in [0, 0.05) is 13.2 Å². The summed E-state index contributed by atoms with van der Waals surface area (Å²) < 4.78 is 0. The first-order chi connectivity index (χ1) is 6.70. The van der Waals surface area contributed by atoms with E-state index in [0.717, 1.165) is 0 Å². The van der Waals surface area contributed by atoms with Crippen LogP contribution in [0.3, 0.4) is 0 Å². The molecule has 0 fully saturated rings. The molecule has 0 rings (SSSR count). The van der Waals surface area contributed by atoms with Crippen LogP contribution >= 0.6 is 11.8 Å². The molecule has 0 aromatic heterocycles. The summed E-state index contributed by atoms with van der Waals surface area (Å²) in [6, 6.07) is 1.96.